The minimum absolute atomic E-state index is 0.0427. The fraction of sp³-hybridized carbons (Fsp3) is 0.500. The maximum atomic E-state index is 9.67. The van der Waals surface area contributed by atoms with Crippen LogP contribution in [0.15, 0.2) is 18.2 Å². The Morgan fingerprint density at radius 1 is 1.10 bits per heavy atom. The van der Waals surface area contributed by atoms with Crippen LogP contribution in [0.5, 0.6) is 0 Å². The van der Waals surface area contributed by atoms with Crippen LogP contribution in [-0.2, 0) is 0 Å². The van der Waals surface area contributed by atoms with E-state index in [0.717, 1.165) is 18.5 Å². The molecule has 2 N–H and O–H groups in total. The Morgan fingerprint density at radius 3 is 2.40 bits per heavy atom. The minimum atomic E-state index is -0.0427. The molecule has 1 saturated carbocycles. The van der Waals surface area contributed by atoms with Crippen molar-refractivity contribution < 1.29 is 5.11 Å². The van der Waals surface area contributed by atoms with Gasteiger partial charge in [-0.15, -0.1) is 0 Å². The van der Waals surface area contributed by atoms with Crippen LogP contribution in [0, 0.1) is 28.1 Å². The number of rotatable bonds is 4. The highest BCUT2D eigenvalue weighted by Gasteiger charge is 2.31. The number of aliphatic hydroxyl groups is 1. The molecule has 0 aromatic heterocycles. The second kappa shape index (κ2) is 6.41. The third-order valence-corrected chi connectivity index (χ3v) is 4.18. The van der Waals surface area contributed by atoms with Gasteiger partial charge >= 0.3 is 0 Å². The van der Waals surface area contributed by atoms with Gasteiger partial charge in [-0.1, -0.05) is 19.3 Å². The number of aliphatic hydroxyl groups excluding tert-OH is 1. The fourth-order valence-electron chi connectivity index (χ4n) is 2.83. The molecule has 0 atom stereocenters. The van der Waals surface area contributed by atoms with Gasteiger partial charge in [0, 0.05) is 17.6 Å². The Balaban J connectivity index is 2.07. The molecule has 2 rings (SSSR count). The van der Waals surface area contributed by atoms with Crippen molar-refractivity contribution in [2.24, 2.45) is 5.41 Å². The lowest BCUT2D eigenvalue weighted by atomic mass is 9.74. The van der Waals surface area contributed by atoms with E-state index in [-0.39, 0.29) is 12.0 Å². The molecule has 0 bridgehead atoms. The zero-order chi connectivity index (χ0) is 14.4. The number of hydrogen-bond acceptors (Lipinski definition) is 4. The predicted molar refractivity (Wildman–Crippen MR) is 77.0 cm³/mol. The molecular weight excluding hydrogens is 250 g/mol. The maximum Gasteiger partial charge on any atom is 0.101 e. The first kappa shape index (κ1) is 14.4. The molecule has 0 aliphatic heterocycles. The van der Waals surface area contributed by atoms with Crippen molar-refractivity contribution in [2.45, 2.75) is 32.1 Å². The van der Waals surface area contributed by atoms with Gasteiger partial charge in [-0.05, 0) is 31.0 Å². The average Bonchev–Trinajstić information content (AvgIpc) is 2.53. The number of anilines is 1. The van der Waals surface area contributed by atoms with Gasteiger partial charge in [-0.25, -0.2) is 0 Å². The van der Waals surface area contributed by atoms with E-state index < -0.39 is 0 Å². The van der Waals surface area contributed by atoms with Crippen molar-refractivity contribution in [3.05, 3.63) is 29.3 Å². The molecular formula is C16H19N3O. The first-order chi connectivity index (χ1) is 9.73. The Hall–Kier alpha value is -2.04. The Morgan fingerprint density at radius 2 is 1.80 bits per heavy atom. The maximum absolute atomic E-state index is 9.67. The molecule has 0 radical (unpaired) electrons. The van der Waals surface area contributed by atoms with Crippen LogP contribution in [0.4, 0.5) is 5.69 Å². The van der Waals surface area contributed by atoms with Crippen molar-refractivity contribution in [3.63, 3.8) is 0 Å². The normalized spacial score (nSPS) is 16.9. The highest BCUT2D eigenvalue weighted by atomic mass is 16.3. The summed E-state index contributed by atoms with van der Waals surface area (Å²) < 4.78 is 0. The minimum Gasteiger partial charge on any atom is -0.396 e. The van der Waals surface area contributed by atoms with E-state index in [1.807, 2.05) is 18.2 Å². The summed E-state index contributed by atoms with van der Waals surface area (Å²) in [6, 6.07) is 9.22. The number of hydrogen-bond donors (Lipinski definition) is 2. The van der Waals surface area contributed by atoms with Crippen molar-refractivity contribution in [1.29, 1.82) is 10.5 Å². The van der Waals surface area contributed by atoms with Gasteiger partial charge in [0.1, 0.15) is 12.1 Å². The quantitative estimate of drug-likeness (QED) is 0.880. The number of nitrogens with one attached hydrogen (secondary N) is 1. The highest BCUT2D eigenvalue weighted by molar-refractivity contribution is 5.56. The molecule has 1 aromatic carbocycles. The van der Waals surface area contributed by atoms with Crippen LogP contribution in [0.25, 0.3) is 0 Å². The Labute approximate surface area is 119 Å². The Kier molecular flexibility index (Phi) is 4.61. The summed E-state index contributed by atoms with van der Waals surface area (Å²) in [5.41, 5.74) is 1.57. The van der Waals surface area contributed by atoms with Crippen LogP contribution in [0.1, 0.15) is 43.2 Å². The molecule has 1 aliphatic carbocycles. The Bertz CT molecular complexity index is 548. The zero-order valence-electron chi connectivity index (χ0n) is 11.5. The largest absolute Gasteiger partial charge is 0.396 e. The van der Waals surface area contributed by atoms with E-state index in [2.05, 4.69) is 5.32 Å². The lowest BCUT2D eigenvalue weighted by molar-refractivity contribution is 0.0944. The summed E-state index contributed by atoms with van der Waals surface area (Å²) in [7, 11) is 0. The summed E-state index contributed by atoms with van der Waals surface area (Å²) in [5.74, 6) is 0. The van der Waals surface area contributed by atoms with Crippen LogP contribution in [-0.4, -0.2) is 18.3 Å². The van der Waals surface area contributed by atoms with Crippen molar-refractivity contribution in [3.8, 4) is 12.1 Å². The third-order valence-electron chi connectivity index (χ3n) is 4.18. The summed E-state index contributed by atoms with van der Waals surface area (Å²) in [4.78, 5) is 0. The van der Waals surface area contributed by atoms with Gasteiger partial charge in [0.15, 0.2) is 0 Å². The second-order valence-electron chi connectivity index (χ2n) is 5.56. The van der Waals surface area contributed by atoms with Gasteiger partial charge in [-0.3, -0.25) is 0 Å². The number of nitrogens with zero attached hydrogens (tertiary/aromatic N) is 2. The van der Waals surface area contributed by atoms with Crippen molar-refractivity contribution in [1.82, 2.24) is 0 Å². The van der Waals surface area contributed by atoms with Gasteiger partial charge in [0.2, 0.25) is 0 Å². The van der Waals surface area contributed by atoms with E-state index >= 15 is 0 Å². The predicted octanol–water partition coefficient (Wildman–Crippen LogP) is 2.78. The van der Waals surface area contributed by atoms with Gasteiger partial charge in [-0.2, -0.15) is 10.5 Å². The first-order valence-corrected chi connectivity index (χ1v) is 7.02. The van der Waals surface area contributed by atoms with Crippen LogP contribution in [0.3, 0.4) is 0 Å². The van der Waals surface area contributed by atoms with Crippen LogP contribution >= 0.6 is 0 Å². The molecule has 0 unspecified atom stereocenters. The summed E-state index contributed by atoms with van der Waals surface area (Å²) in [6.07, 6.45) is 5.66. The van der Waals surface area contributed by atoms with E-state index in [4.69, 9.17) is 10.5 Å². The zero-order valence-corrected chi connectivity index (χ0v) is 11.5. The molecule has 20 heavy (non-hydrogen) atoms. The molecule has 0 amide bonds. The van der Waals surface area contributed by atoms with Crippen LogP contribution in [0.2, 0.25) is 0 Å². The molecule has 0 spiro atoms. The summed E-state index contributed by atoms with van der Waals surface area (Å²) in [5, 5.41) is 30.9. The van der Waals surface area contributed by atoms with E-state index in [9.17, 15) is 5.11 Å². The summed E-state index contributed by atoms with van der Waals surface area (Å²) >= 11 is 0. The highest BCUT2D eigenvalue weighted by Crippen LogP contribution is 2.36. The molecule has 0 saturated heterocycles. The molecule has 1 fully saturated rings. The second-order valence-corrected chi connectivity index (χ2v) is 5.56. The summed E-state index contributed by atoms with van der Waals surface area (Å²) in [6.45, 7) is 0.904. The molecule has 4 heteroatoms. The van der Waals surface area contributed by atoms with Gasteiger partial charge in [0.25, 0.3) is 0 Å². The van der Waals surface area contributed by atoms with Crippen molar-refractivity contribution in [2.75, 3.05) is 18.5 Å². The molecule has 0 heterocycles. The van der Waals surface area contributed by atoms with E-state index in [0.29, 0.717) is 17.7 Å². The molecule has 104 valence electrons. The average molecular weight is 269 g/mol. The lowest BCUT2D eigenvalue weighted by Crippen LogP contribution is -2.35. The monoisotopic (exact) mass is 269 g/mol. The van der Waals surface area contributed by atoms with Gasteiger partial charge in [0.05, 0.1) is 17.7 Å². The first-order valence-electron chi connectivity index (χ1n) is 7.02. The van der Waals surface area contributed by atoms with Crippen molar-refractivity contribution >= 4 is 5.69 Å². The number of nitriles is 2. The smallest absolute Gasteiger partial charge is 0.101 e. The SMILES string of the molecule is N#Cc1ccc(NCC2(CO)CCCCC2)cc1C#N. The standard InChI is InChI=1S/C16H19N3O/c17-9-13-4-5-15(8-14(13)10-18)19-11-16(12-20)6-2-1-3-7-16/h4-5,8,19-20H,1-3,6-7,11-12H2. The third kappa shape index (κ3) is 3.10. The number of benzene rings is 1. The van der Waals surface area contributed by atoms with E-state index in [1.165, 1.54) is 19.3 Å². The van der Waals surface area contributed by atoms with E-state index in [1.54, 1.807) is 12.1 Å². The molecule has 4 nitrogen and oxygen atoms in total. The fourth-order valence-corrected chi connectivity index (χ4v) is 2.83. The van der Waals surface area contributed by atoms with Gasteiger partial charge < -0.3 is 10.4 Å². The topological polar surface area (TPSA) is 79.8 Å². The van der Waals surface area contributed by atoms with Crippen LogP contribution < -0.4 is 5.32 Å². The molecule has 1 aliphatic rings. The lowest BCUT2D eigenvalue weighted by Gasteiger charge is -2.36. The molecule has 1 aromatic rings.